The highest BCUT2D eigenvalue weighted by molar-refractivity contribution is 5.44. The average Bonchev–Trinajstić information content (AvgIpc) is 2.24. The Balaban J connectivity index is 2.51. The summed E-state index contributed by atoms with van der Waals surface area (Å²) in [5.74, 6) is -2.06. The number of nitrogens with zero attached hydrogens (tertiary/aromatic N) is 1. The molecule has 0 amide bonds. The molecule has 0 N–H and O–H groups in total. The number of halogens is 2. The van der Waals surface area contributed by atoms with E-state index < -0.39 is 17.2 Å². The third-order valence-corrected chi connectivity index (χ3v) is 2.07. The van der Waals surface area contributed by atoms with E-state index in [-0.39, 0.29) is 18.1 Å². The SMILES string of the molecule is CC1(C#N)COc2c(F)ccc(F)c2O1. The number of benzene rings is 1. The van der Waals surface area contributed by atoms with Crippen molar-refractivity contribution in [3.8, 4) is 17.6 Å². The average molecular weight is 211 g/mol. The lowest BCUT2D eigenvalue weighted by atomic mass is 10.1. The Bertz CT molecular complexity index is 455. The van der Waals surface area contributed by atoms with Gasteiger partial charge in [0.2, 0.25) is 11.4 Å². The smallest absolute Gasteiger partial charge is 0.225 e. The summed E-state index contributed by atoms with van der Waals surface area (Å²) in [6.07, 6.45) is 0. The zero-order valence-corrected chi connectivity index (χ0v) is 7.88. The maximum atomic E-state index is 13.2. The van der Waals surface area contributed by atoms with Crippen LogP contribution in [-0.4, -0.2) is 12.2 Å². The molecule has 1 heterocycles. The Morgan fingerprint density at radius 3 is 2.53 bits per heavy atom. The Morgan fingerprint density at radius 2 is 1.93 bits per heavy atom. The molecule has 78 valence electrons. The Hall–Kier alpha value is -1.83. The van der Waals surface area contributed by atoms with E-state index >= 15 is 0 Å². The highest BCUT2D eigenvalue weighted by atomic mass is 19.1. The third kappa shape index (κ3) is 1.48. The van der Waals surface area contributed by atoms with Gasteiger partial charge in [-0.15, -0.1) is 0 Å². The van der Waals surface area contributed by atoms with Crippen molar-refractivity contribution in [1.82, 2.24) is 0 Å². The molecule has 0 saturated heterocycles. The van der Waals surface area contributed by atoms with Crippen molar-refractivity contribution in [3.63, 3.8) is 0 Å². The molecule has 0 saturated carbocycles. The molecule has 0 fully saturated rings. The molecule has 5 heteroatoms. The summed E-state index contributed by atoms with van der Waals surface area (Å²) in [5, 5.41) is 8.76. The van der Waals surface area contributed by atoms with Crippen molar-refractivity contribution in [2.24, 2.45) is 0 Å². The van der Waals surface area contributed by atoms with Gasteiger partial charge in [-0.3, -0.25) is 0 Å². The summed E-state index contributed by atoms with van der Waals surface area (Å²) in [6.45, 7) is 1.32. The minimum absolute atomic E-state index is 0.128. The van der Waals surface area contributed by atoms with Gasteiger partial charge in [-0.1, -0.05) is 0 Å². The van der Waals surface area contributed by atoms with Crippen molar-refractivity contribution in [2.75, 3.05) is 6.61 Å². The standard InChI is InChI=1S/C10H7F2NO2/c1-10(4-13)5-14-8-6(11)2-3-7(12)9(8)15-10/h2-3H,5H2,1H3. The van der Waals surface area contributed by atoms with Gasteiger partial charge in [-0.05, 0) is 19.1 Å². The first-order chi connectivity index (χ1) is 7.06. The van der Waals surface area contributed by atoms with Crippen LogP contribution in [0.2, 0.25) is 0 Å². The summed E-state index contributed by atoms with van der Waals surface area (Å²) < 4.78 is 36.5. The van der Waals surface area contributed by atoms with E-state index in [1.54, 1.807) is 0 Å². The summed E-state index contributed by atoms with van der Waals surface area (Å²) in [6, 6.07) is 3.71. The third-order valence-electron chi connectivity index (χ3n) is 2.07. The first kappa shape index (κ1) is 9.71. The highest BCUT2D eigenvalue weighted by Crippen LogP contribution is 2.39. The van der Waals surface area contributed by atoms with Gasteiger partial charge in [0.25, 0.3) is 0 Å². The normalized spacial score (nSPS) is 23.3. The minimum Gasteiger partial charge on any atom is -0.481 e. The fourth-order valence-corrected chi connectivity index (χ4v) is 1.26. The molecule has 3 nitrogen and oxygen atoms in total. The van der Waals surface area contributed by atoms with Crippen molar-refractivity contribution in [2.45, 2.75) is 12.5 Å². The van der Waals surface area contributed by atoms with Gasteiger partial charge in [-0.2, -0.15) is 5.26 Å². The second-order valence-electron chi connectivity index (χ2n) is 3.42. The van der Waals surface area contributed by atoms with Gasteiger partial charge in [0.15, 0.2) is 17.4 Å². The van der Waals surface area contributed by atoms with Crippen LogP contribution in [0, 0.1) is 23.0 Å². The summed E-state index contributed by atoms with van der Waals surface area (Å²) >= 11 is 0. The van der Waals surface area contributed by atoms with Gasteiger partial charge in [0.1, 0.15) is 12.7 Å². The predicted molar refractivity (Wildman–Crippen MR) is 46.5 cm³/mol. The molecule has 0 spiro atoms. The van der Waals surface area contributed by atoms with Crippen LogP contribution in [0.25, 0.3) is 0 Å². The van der Waals surface area contributed by atoms with Crippen LogP contribution in [0.1, 0.15) is 6.92 Å². The topological polar surface area (TPSA) is 42.2 Å². The molecule has 0 bridgehead atoms. The predicted octanol–water partition coefficient (Wildman–Crippen LogP) is 2.02. The Kier molecular flexibility index (Phi) is 2.00. The maximum Gasteiger partial charge on any atom is 0.225 e. The largest absolute Gasteiger partial charge is 0.481 e. The first-order valence-corrected chi connectivity index (χ1v) is 4.27. The van der Waals surface area contributed by atoms with Crippen molar-refractivity contribution >= 4 is 0 Å². The lowest BCUT2D eigenvalue weighted by Crippen LogP contribution is -2.41. The molecule has 1 aromatic rings. The number of hydrogen-bond acceptors (Lipinski definition) is 3. The Labute approximate surface area is 84.8 Å². The Morgan fingerprint density at radius 1 is 1.33 bits per heavy atom. The highest BCUT2D eigenvalue weighted by Gasteiger charge is 2.36. The number of ether oxygens (including phenoxy) is 2. The van der Waals surface area contributed by atoms with Crippen LogP contribution < -0.4 is 9.47 Å². The number of nitriles is 1. The van der Waals surface area contributed by atoms with Crippen LogP contribution in [-0.2, 0) is 0 Å². The van der Waals surface area contributed by atoms with Crippen LogP contribution >= 0.6 is 0 Å². The lowest BCUT2D eigenvalue weighted by Gasteiger charge is -2.30. The van der Waals surface area contributed by atoms with Crippen LogP contribution in [0.4, 0.5) is 8.78 Å². The number of hydrogen-bond donors (Lipinski definition) is 0. The van der Waals surface area contributed by atoms with Crippen LogP contribution in [0.15, 0.2) is 12.1 Å². The monoisotopic (exact) mass is 211 g/mol. The van der Waals surface area contributed by atoms with Crippen LogP contribution in [0.5, 0.6) is 11.5 Å². The number of rotatable bonds is 0. The molecule has 1 aliphatic heterocycles. The minimum atomic E-state index is -1.28. The van der Waals surface area contributed by atoms with E-state index in [2.05, 4.69) is 0 Å². The molecule has 0 aromatic heterocycles. The molecule has 1 unspecified atom stereocenters. The molecule has 0 radical (unpaired) electrons. The second kappa shape index (κ2) is 3.09. The second-order valence-corrected chi connectivity index (χ2v) is 3.42. The van der Waals surface area contributed by atoms with Crippen molar-refractivity contribution in [3.05, 3.63) is 23.8 Å². The quantitative estimate of drug-likeness (QED) is 0.659. The molecule has 0 aliphatic carbocycles. The van der Waals surface area contributed by atoms with Crippen LogP contribution in [0.3, 0.4) is 0 Å². The van der Waals surface area contributed by atoms with Crippen molar-refractivity contribution < 1.29 is 18.3 Å². The first-order valence-electron chi connectivity index (χ1n) is 4.27. The molecule has 2 rings (SSSR count). The van der Waals surface area contributed by atoms with Gasteiger partial charge in [0, 0.05) is 0 Å². The molecular formula is C10H7F2NO2. The molecule has 1 atom stereocenters. The van der Waals surface area contributed by atoms with E-state index in [1.165, 1.54) is 6.92 Å². The molecule has 15 heavy (non-hydrogen) atoms. The van der Waals surface area contributed by atoms with E-state index in [4.69, 9.17) is 14.7 Å². The molecule has 1 aliphatic rings. The lowest BCUT2D eigenvalue weighted by molar-refractivity contribution is 0.0421. The summed E-state index contributed by atoms with van der Waals surface area (Å²) in [4.78, 5) is 0. The van der Waals surface area contributed by atoms with Crippen molar-refractivity contribution in [1.29, 1.82) is 5.26 Å². The maximum absolute atomic E-state index is 13.2. The van der Waals surface area contributed by atoms with E-state index in [0.29, 0.717) is 0 Å². The van der Waals surface area contributed by atoms with E-state index in [0.717, 1.165) is 12.1 Å². The van der Waals surface area contributed by atoms with E-state index in [1.807, 2.05) is 6.07 Å². The molecular weight excluding hydrogens is 204 g/mol. The van der Waals surface area contributed by atoms with Gasteiger partial charge in [-0.25, -0.2) is 8.78 Å². The fraction of sp³-hybridized carbons (Fsp3) is 0.300. The molecule has 1 aromatic carbocycles. The van der Waals surface area contributed by atoms with Gasteiger partial charge in [0.05, 0.1) is 0 Å². The fourth-order valence-electron chi connectivity index (χ4n) is 1.26. The van der Waals surface area contributed by atoms with E-state index in [9.17, 15) is 8.78 Å². The summed E-state index contributed by atoms with van der Waals surface area (Å²) in [7, 11) is 0. The zero-order chi connectivity index (χ0) is 11.1. The zero-order valence-electron chi connectivity index (χ0n) is 7.88. The van der Waals surface area contributed by atoms with Gasteiger partial charge >= 0.3 is 0 Å². The number of fused-ring (bicyclic) bond motifs is 1. The van der Waals surface area contributed by atoms with Gasteiger partial charge < -0.3 is 9.47 Å². The summed E-state index contributed by atoms with van der Waals surface area (Å²) in [5.41, 5.74) is -1.28.